The summed E-state index contributed by atoms with van der Waals surface area (Å²) in [4.78, 5) is 12.8. The van der Waals surface area contributed by atoms with E-state index in [0.29, 0.717) is 18.0 Å². The van der Waals surface area contributed by atoms with Crippen molar-refractivity contribution in [2.24, 2.45) is 7.05 Å². The third-order valence-corrected chi connectivity index (χ3v) is 4.43. The van der Waals surface area contributed by atoms with Gasteiger partial charge in [0.1, 0.15) is 17.1 Å². The van der Waals surface area contributed by atoms with Gasteiger partial charge in [-0.1, -0.05) is 17.7 Å². The predicted octanol–water partition coefficient (Wildman–Crippen LogP) is 3.71. The van der Waals surface area contributed by atoms with Gasteiger partial charge in [0.15, 0.2) is 0 Å². The number of aromatic nitrogens is 3. The van der Waals surface area contributed by atoms with Crippen LogP contribution in [0.5, 0.6) is 0 Å². The molecule has 6 heteroatoms. The van der Waals surface area contributed by atoms with E-state index in [4.69, 9.17) is 9.52 Å². The Hall–Kier alpha value is -3.54. The van der Waals surface area contributed by atoms with Crippen LogP contribution in [0, 0.1) is 6.92 Å². The second kappa shape index (κ2) is 6.99. The van der Waals surface area contributed by atoms with Gasteiger partial charge in [-0.05, 0) is 49.4 Å². The molecular weight excluding hydrogens is 340 g/mol. The fraction of sp³-hybridized carbons (Fsp3) is 0.143. The number of furan rings is 1. The molecule has 0 unspecified atom stereocenters. The van der Waals surface area contributed by atoms with Crippen LogP contribution in [0.4, 0.5) is 0 Å². The smallest absolute Gasteiger partial charge is 0.270 e. The summed E-state index contributed by atoms with van der Waals surface area (Å²) in [6, 6.07) is 17.3. The topological polar surface area (TPSA) is 65.0 Å². The first-order valence-electron chi connectivity index (χ1n) is 8.71. The standard InChI is InChI=1S/C21H20N4O2/c1-15-7-9-16(10-8-15)25-20(21(26)22-14-17-5-4-12-27-17)13-18(23-25)19-6-3-11-24(19)2/h3-13H,14H2,1-2H3,(H,22,26). The molecule has 0 atom stereocenters. The zero-order chi connectivity index (χ0) is 18.8. The minimum absolute atomic E-state index is 0.208. The molecule has 0 saturated heterocycles. The van der Waals surface area contributed by atoms with Gasteiger partial charge in [0.05, 0.1) is 24.2 Å². The Bertz CT molecular complexity index is 1060. The van der Waals surface area contributed by atoms with Gasteiger partial charge in [-0.25, -0.2) is 4.68 Å². The summed E-state index contributed by atoms with van der Waals surface area (Å²) in [6.45, 7) is 2.35. The number of nitrogens with one attached hydrogen (secondary N) is 1. The molecule has 0 fully saturated rings. The number of aryl methyl sites for hydroxylation is 2. The first-order valence-corrected chi connectivity index (χ1v) is 8.71. The van der Waals surface area contributed by atoms with Crippen molar-refractivity contribution >= 4 is 5.91 Å². The summed E-state index contributed by atoms with van der Waals surface area (Å²) < 4.78 is 8.95. The number of rotatable bonds is 5. The second-order valence-electron chi connectivity index (χ2n) is 6.43. The van der Waals surface area contributed by atoms with Gasteiger partial charge in [0.25, 0.3) is 5.91 Å². The molecule has 4 rings (SSSR count). The maximum atomic E-state index is 12.8. The lowest BCUT2D eigenvalue weighted by Gasteiger charge is -2.08. The van der Waals surface area contributed by atoms with Crippen LogP contribution in [0.25, 0.3) is 17.1 Å². The molecule has 0 saturated carbocycles. The van der Waals surface area contributed by atoms with Crippen LogP contribution in [0.3, 0.4) is 0 Å². The van der Waals surface area contributed by atoms with Crippen molar-refractivity contribution in [1.82, 2.24) is 19.7 Å². The number of amides is 1. The van der Waals surface area contributed by atoms with Crippen molar-refractivity contribution in [3.05, 3.63) is 84.1 Å². The van der Waals surface area contributed by atoms with Gasteiger partial charge in [-0.2, -0.15) is 5.10 Å². The van der Waals surface area contributed by atoms with Gasteiger partial charge in [0.2, 0.25) is 0 Å². The second-order valence-corrected chi connectivity index (χ2v) is 6.43. The zero-order valence-electron chi connectivity index (χ0n) is 15.2. The van der Waals surface area contributed by atoms with E-state index >= 15 is 0 Å². The van der Waals surface area contributed by atoms with Crippen LogP contribution in [0.2, 0.25) is 0 Å². The Morgan fingerprint density at radius 2 is 1.96 bits per heavy atom. The van der Waals surface area contributed by atoms with Crippen LogP contribution in [0.1, 0.15) is 21.8 Å². The minimum atomic E-state index is -0.208. The molecule has 0 bridgehead atoms. The summed E-state index contributed by atoms with van der Waals surface area (Å²) >= 11 is 0. The van der Waals surface area contributed by atoms with Gasteiger partial charge >= 0.3 is 0 Å². The van der Waals surface area contributed by atoms with E-state index in [2.05, 4.69) is 5.32 Å². The molecule has 3 heterocycles. The summed E-state index contributed by atoms with van der Waals surface area (Å²) in [5.74, 6) is 0.493. The van der Waals surface area contributed by atoms with E-state index in [-0.39, 0.29) is 5.91 Å². The fourth-order valence-electron chi connectivity index (χ4n) is 2.95. The largest absolute Gasteiger partial charge is 0.467 e. The van der Waals surface area contributed by atoms with Crippen LogP contribution in [-0.2, 0) is 13.6 Å². The molecule has 1 N–H and O–H groups in total. The molecule has 0 spiro atoms. The lowest BCUT2D eigenvalue weighted by atomic mass is 10.2. The van der Waals surface area contributed by atoms with Gasteiger partial charge in [-0.3, -0.25) is 4.79 Å². The highest BCUT2D eigenvalue weighted by atomic mass is 16.3. The summed E-state index contributed by atoms with van der Waals surface area (Å²) in [5.41, 5.74) is 4.15. The van der Waals surface area contributed by atoms with Gasteiger partial charge in [-0.15, -0.1) is 0 Å². The average molecular weight is 360 g/mol. The Kier molecular flexibility index (Phi) is 4.38. The Balaban J connectivity index is 1.71. The molecule has 0 aliphatic heterocycles. The number of carbonyl (C=O) groups is 1. The lowest BCUT2D eigenvalue weighted by Crippen LogP contribution is -2.25. The molecule has 4 aromatic rings. The highest BCUT2D eigenvalue weighted by Gasteiger charge is 2.18. The quantitative estimate of drug-likeness (QED) is 0.590. The molecule has 0 radical (unpaired) electrons. The van der Waals surface area contributed by atoms with Crippen LogP contribution in [0.15, 0.2) is 71.5 Å². The van der Waals surface area contributed by atoms with E-state index in [0.717, 1.165) is 22.6 Å². The maximum Gasteiger partial charge on any atom is 0.270 e. The number of hydrogen-bond donors (Lipinski definition) is 1. The fourth-order valence-corrected chi connectivity index (χ4v) is 2.95. The lowest BCUT2D eigenvalue weighted by molar-refractivity contribution is 0.0940. The third-order valence-electron chi connectivity index (χ3n) is 4.43. The first-order chi connectivity index (χ1) is 13.1. The van der Waals surface area contributed by atoms with Gasteiger partial charge in [0, 0.05) is 13.2 Å². The molecule has 0 aliphatic carbocycles. The number of hydrogen-bond acceptors (Lipinski definition) is 3. The minimum Gasteiger partial charge on any atom is -0.467 e. The van der Waals surface area contributed by atoms with Crippen molar-refractivity contribution in [2.45, 2.75) is 13.5 Å². The Labute approximate surface area is 157 Å². The van der Waals surface area contributed by atoms with Crippen LogP contribution in [-0.4, -0.2) is 20.3 Å². The van der Waals surface area contributed by atoms with Gasteiger partial charge < -0.3 is 14.3 Å². The average Bonchev–Trinajstić information content (AvgIpc) is 3.40. The van der Waals surface area contributed by atoms with E-state index in [9.17, 15) is 4.79 Å². The van der Waals surface area contributed by atoms with E-state index in [1.807, 2.05) is 73.3 Å². The van der Waals surface area contributed by atoms with Crippen molar-refractivity contribution in [3.63, 3.8) is 0 Å². The van der Waals surface area contributed by atoms with E-state index in [1.165, 1.54) is 0 Å². The molecule has 136 valence electrons. The number of carbonyl (C=O) groups excluding carboxylic acids is 1. The summed E-state index contributed by atoms with van der Waals surface area (Å²) in [5, 5.41) is 7.59. The van der Waals surface area contributed by atoms with E-state index < -0.39 is 0 Å². The summed E-state index contributed by atoms with van der Waals surface area (Å²) in [6.07, 6.45) is 3.54. The number of benzene rings is 1. The highest BCUT2D eigenvalue weighted by molar-refractivity contribution is 5.94. The predicted molar refractivity (Wildman–Crippen MR) is 103 cm³/mol. The van der Waals surface area contributed by atoms with Crippen molar-refractivity contribution in [1.29, 1.82) is 0 Å². The molecule has 3 aromatic heterocycles. The Morgan fingerprint density at radius 3 is 2.63 bits per heavy atom. The summed E-state index contributed by atoms with van der Waals surface area (Å²) in [7, 11) is 1.96. The van der Waals surface area contributed by atoms with E-state index in [1.54, 1.807) is 17.0 Å². The zero-order valence-corrected chi connectivity index (χ0v) is 15.2. The first kappa shape index (κ1) is 16.9. The normalized spacial score (nSPS) is 10.9. The molecule has 0 aliphatic rings. The molecule has 6 nitrogen and oxygen atoms in total. The van der Waals surface area contributed by atoms with Crippen molar-refractivity contribution < 1.29 is 9.21 Å². The Morgan fingerprint density at radius 1 is 1.15 bits per heavy atom. The molecule has 1 aromatic carbocycles. The number of nitrogens with zero attached hydrogens (tertiary/aromatic N) is 3. The van der Waals surface area contributed by atoms with Crippen LogP contribution < -0.4 is 5.32 Å². The molecule has 1 amide bonds. The maximum absolute atomic E-state index is 12.8. The SMILES string of the molecule is Cc1ccc(-n2nc(-c3cccn3C)cc2C(=O)NCc2ccco2)cc1. The van der Waals surface area contributed by atoms with Crippen molar-refractivity contribution in [3.8, 4) is 17.1 Å². The highest BCUT2D eigenvalue weighted by Crippen LogP contribution is 2.22. The third kappa shape index (κ3) is 3.42. The molecule has 27 heavy (non-hydrogen) atoms. The monoisotopic (exact) mass is 360 g/mol. The molecular formula is C21H20N4O2. The van der Waals surface area contributed by atoms with Crippen LogP contribution >= 0.6 is 0 Å². The van der Waals surface area contributed by atoms with Crippen molar-refractivity contribution in [2.75, 3.05) is 0 Å².